The van der Waals surface area contributed by atoms with E-state index in [0.717, 1.165) is 17.6 Å². The van der Waals surface area contributed by atoms with Gasteiger partial charge in [0.15, 0.2) is 5.78 Å². The second-order valence-corrected chi connectivity index (χ2v) is 13.3. The van der Waals surface area contributed by atoms with Gasteiger partial charge in [0.25, 0.3) is 0 Å². The Balaban J connectivity index is 1.50. The lowest BCUT2D eigenvalue weighted by Gasteiger charge is -2.39. The highest BCUT2D eigenvalue weighted by atomic mass is 16.5. The number of benzene rings is 4. The van der Waals surface area contributed by atoms with Gasteiger partial charge in [0, 0.05) is 29.7 Å². The number of carbonyl (C=O) groups is 1. The van der Waals surface area contributed by atoms with Crippen molar-refractivity contribution in [3.8, 4) is 46.0 Å². The van der Waals surface area contributed by atoms with E-state index in [1.54, 1.807) is 24.3 Å². The molecular weight excluding hydrogens is 624 g/mol. The summed E-state index contributed by atoms with van der Waals surface area (Å²) < 4.78 is 6.14. The van der Waals surface area contributed by atoms with Crippen LogP contribution in [0.5, 0.6) is 46.0 Å². The zero-order valence-electron chi connectivity index (χ0n) is 27.3. The summed E-state index contributed by atoms with van der Waals surface area (Å²) in [5.74, 6) is -3.00. The molecule has 0 amide bonds. The summed E-state index contributed by atoms with van der Waals surface area (Å²) in [6.07, 6.45) is 5.50. The van der Waals surface area contributed by atoms with E-state index in [9.17, 15) is 40.5 Å². The van der Waals surface area contributed by atoms with Crippen LogP contribution in [-0.4, -0.2) is 41.5 Å². The van der Waals surface area contributed by atoms with E-state index in [0.29, 0.717) is 29.5 Å². The number of fused-ring (bicyclic) bond motifs is 1. The van der Waals surface area contributed by atoms with E-state index < -0.39 is 29.6 Å². The number of Topliss-reactive ketones (excluding diaryl/α,β-unsaturated/α-hetero) is 1. The first-order valence-corrected chi connectivity index (χ1v) is 16.3. The molecule has 4 aromatic rings. The minimum absolute atomic E-state index is 0.0387. The summed E-state index contributed by atoms with van der Waals surface area (Å²) >= 11 is 0. The fourth-order valence-corrected chi connectivity index (χ4v) is 7.27. The minimum atomic E-state index is -0.699. The first-order valence-electron chi connectivity index (χ1n) is 16.3. The molecule has 9 heteroatoms. The van der Waals surface area contributed by atoms with Gasteiger partial charge in [-0.05, 0) is 92.3 Å². The Morgan fingerprint density at radius 2 is 1.47 bits per heavy atom. The van der Waals surface area contributed by atoms with E-state index in [-0.39, 0.29) is 70.0 Å². The predicted molar refractivity (Wildman–Crippen MR) is 184 cm³/mol. The number of hydrogen-bond acceptors (Lipinski definition) is 9. The molecule has 254 valence electrons. The normalized spacial score (nSPS) is 20.2. The fraction of sp³-hybridized carbons (Fsp3) is 0.275. The van der Waals surface area contributed by atoms with Crippen molar-refractivity contribution in [1.29, 1.82) is 0 Å². The second-order valence-electron chi connectivity index (χ2n) is 13.3. The van der Waals surface area contributed by atoms with Gasteiger partial charge in [0.05, 0.1) is 6.42 Å². The molecule has 2 aliphatic rings. The van der Waals surface area contributed by atoms with Crippen LogP contribution in [0.1, 0.15) is 90.1 Å². The maximum Gasteiger partial charge on any atom is 0.174 e. The van der Waals surface area contributed by atoms with Crippen molar-refractivity contribution in [3.63, 3.8) is 0 Å². The van der Waals surface area contributed by atoms with Gasteiger partial charge >= 0.3 is 0 Å². The van der Waals surface area contributed by atoms with Gasteiger partial charge in [-0.15, -0.1) is 0 Å². The van der Waals surface area contributed by atoms with Crippen LogP contribution in [0, 0.1) is 5.92 Å². The van der Waals surface area contributed by atoms with E-state index in [2.05, 4.69) is 6.08 Å². The third kappa shape index (κ3) is 6.88. The van der Waals surface area contributed by atoms with Crippen LogP contribution >= 0.6 is 0 Å². The number of carbonyl (C=O) groups excluding carboxylic acids is 1. The molecule has 0 radical (unpaired) electrons. The van der Waals surface area contributed by atoms with Gasteiger partial charge < -0.3 is 40.5 Å². The highest BCUT2D eigenvalue weighted by molar-refractivity contribution is 6.03. The largest absolute Gasteiger partial charge is 0.508 e. The zero-order chi connectivity index (χ0) is 35.0. The van der Waals surface area contributed by atoms with Crippen LogP contribution in [-0.2, 0) is 6.42 Å². The average Bonchev–Trinajstić information content (AvgIpc) is 3.03. The Morgan fingerprint density at radius 3 is 2.14 bits per heavy atom. The molecule has 0 saturated carbocycles. The highest BCUT2D eigenvalue weighted by Crippen LogP contribution is 2.55. The van der Waals surface area contributed by atoms with Gasteiger partial charge in [-0.1, -0.05) is 47.6 Å². The monoisotopic (exact) mass is 664 g/mol. The molecule has 9 nitrogen and oxygen atoms in total. The summed E-state index contributed by atoms with van der Waals surface area (Å²) in [5, 5.41) is 75.3. The molecule has 0 fully saturated rings. The first kappa shape index (κ1) is 33.3. The number of allylic oxidation sites excluding steroid dienone is 4. The molecule has 1 aliphatic carbocycles. The van der Waals surface area contributed by atoms with Gasteiger partial charge in [0.2, 0.25) is 0 Å². The molecule has 0 spiro atoms. The van der Waals surface area contributed by atoms with Gasteiger partial charge in [-0.2, -0.15) is 0 Å². The van der Waals surface area contributed by atoms with Crippen molar-refractivity contribution in [2.45, 2.75) is 63.9 Å². The van der Waals surface area contributed by atoms with Crippen LogP contribution < -0.4 is 4.74 Å². The molecule has 1 aliphatic heterocycles. The third-order valence-corrected chi connectivity index (χ3v) is 9.63. The van der Waals surface area contributed by atoms with E-state index in [1.165, 1.54) is 42.5 Å². The summed E-state index contributed by atoms with van der Waals surface area (Å²) in [4.78, 5) is 13.7. The first-order chi connectivity index (χ1) is 23.4. The maximum atomic E-state index is 13.7. The van der Waals surface area contributed by atoms with Crippen LogP contribution in [0.15, 0.2) is 90.0 Å². The number of phenolic OH excluding ortho intramolecular Hbond substituents is 7. The molecule has 6 rings (SSSR count). The molecule has 4 aromatic carbocycles. The van der Waals surface area contributed by atoms with Crippen molar-refractivity contribution in [1.82, 2.24) is 0 Å². The van der Waals surface area contributed by atoms with Crippen LogP contribution in [0.3, 0.4) is 0 Å². The molecular formula is C40H40O9. The van der Waals surface area contributed by atoms with E-state index in [4.69, 9.17) is 4.74 Å². The van der Waals surface area contributed by atoms with Gasteiger partial charge in [-0.25, -0.2) is 0 Å². The molecule has 49 heavy (non-hydrogen) atoms. The molecule has 0 aromatic heterocycles. The van der Waals surface area contributed by atoms with Crippen LogP contribution in [0.2, 0.25) is 0 Å². The number of ketones is 1. The lowest BCUT2D eigenvalue weighted by atomic mass is 9.65. The van der Waals surface area contributed by atoms with Crippen molar-refractivity contribution in [2.75, 3.05) is 0 Å². The Kier molecular flexibility index (Phi) is 9.19. The quantitative estimate of drug-likeness (QED) is 0.0920. The lowest BCUT2D eigenvalue weighted by Crippen LogP contribution is -2.28. The number of aromatic hydroxyl groups is 7. The van der Waals surface area contributed by atoms with Crippen molar-refractivity contribution in [3.05, 3.63) is 118 Å². The Morgan fingerprint density at radius 1 is 0.796 bits per heavy atom. The molecule has 1 heterocycles. The predicted octanol–water partition coefficient (Wildman–Crippen LogP) is 8.14. The summed E-state index contributed by atoms with van der Waals surface area (Å²) in [5.41, 5.74) is 3.97. The third-order valence-electron chi connectivity index (χ3n) is 9.63. The molecule has 7 N–H and O–H groups in total. The number of phenols is 7. The van der Waals surface area contributed by atoms with Crippen molar-refractivity contribution in [2.24, 2.45) is 5.92 Å². The lowest BCUT2D eigenvalue weighted by molar-refractivity contribution is 0.0844. The van der Waals surface area contributed by atoms with Crippen molar-refractivity contribution < 1.29 is 45.3 Å². The maximum absolute atomic E-state index is 13.7. The molecule has 4 atom stereocenters. The smallest absolute Gasteiger partial charge is 0.174 e. The zero-order valence-corrected chi connectivity index (χ0v) is 27.3. The summed E-state index contributed by atoms with van der Waals surface area (Å²) in [6.45, 7) is 4.04. The number of rotatable bonds is 8. The molecule has 2 unspecified atom stereocenters. The SMILES string of the molecule is CC(C)=CCCC1=CC(c2c(O)cc3c(c2O)C(=O)C[C@@H](c2ccc(O)cc2)O3)[C@@H](Cc2ccc(O)cc2O)C(c2ccc(O)cc2O)C1. The van der Waals surface area contributed by atoms with Crippen LogP contribution in [0.25, 0.3) is 0 Å². The summed E-state index contributed by atoms with van der Waals surface area (Å²) in [6, 6.07) is 16.4. The number of ether oxygens (including phenoxy) is 1. The Labute approximate surface area is 284 Å². The average molecular weight is 665 g/mol. The summed E-state index contributed by atoms with van der Waals surface area (Å²) in [7, 11) is 0. The molecule has 0 saturated heterocycles. The standard InChI is InChI=1S/C40H40O9/c1-21(2)4-3-5-22-14-29(28-13-12-27(43)18-33(28)45)30(16-24-8-11-26(42)17-32(24)44)31(15-22)38-34(46)20-37-39(40(38)48)35(47)19-36(49-37)23-6-9-25(41)10-7-23/h4,6-13,15,17-18,20,29-31,36,41-46,48H,3,5,14,16,19H2,1-2H3/t29?,30-,31?,36-/m0/s1. The van der Waals surface area contributed by atoms with Crippen LogP contribution in [0.4, 0.5) is 0 Å². The topological polar surface area (TPSA) is 168 Å². The Hall–Kier alpha value is -5.57. The van der Waals surface area contributed by atoms with Gasteiger partial charge in [0.1, 0.15) is 57.7 Å². The number of hydrogen-bond donors (Lipinski definition) is 7. The second kappa shape index (κ2) is 13.5. The highest BCUT2D eigenvalue weighted by Gasteiger charge is 2.41. The Bertz CT molecular complexity index is 1950. The minimum Gasteiger partial charge on any atom is -0.508 e. The fourth-order valence-electron chi connectivity index (χ4n) is 7.27. The van der Waals surface area contributed by atoms with Gasteiger partial charge in [-0.3, -0.25) is 4.79 Å². The van der Waals surface area contributed by atoms with Crippen molar-refractivity contribution >= 4 is 5.78 Å². The van der Waals surface area contributed by atoms with E-state index >= 15 is 0 Å². The van der Waals surface area contributed by atoms with E-state index in [1.807, 2.05) is 19.9 Å². The molecule has 0 bridgehead atoms.